The number of aryl methyl sites for hydroxylation is 1. The second-order valence-electron chi connectivity index (χ2n) is 4.89. The highest BCUT2D eigenvalue weighted by molar-refractivity contribution is 7.86. The van der Waals surface area contributed by atoms with Gasteiger partial charge in [0.1, 0.15) is 6.10 Å². The Hall–Kier alpha value is -1.09. The summed E-state index contributed by atoms with van der Waals surface area (Å²) in [4.78, 5) is 8.47. The predicted octanol–water partition coefficient (Wildman–Crippen LogP) is 0.745. The van der Waals surface area contributed by atoms with Crippen molar-refractivity contribution in [2.24, 2.45) is 0 Å². The number of aromatic nitrogens is 2. The summed E-state index contributed by atoms with van der Waals surface area (Å²) < 4.78 is 33.6. The Morgan fingerprint density at radius 3 is 2.62 bits per heavy atom. The van der Waals surface area contributed by atoms with Crippen molar-refractivity contribution >= 4 is 10.2 Å². The van der Waals surface area contributed by atoms with E-state index in [2.05, 4.69) is 9.97 Å². The second-order valence-corrected chi connectivity index (χ2v) is 6.82. The smallest absolute Gasteiger partial charge is 0.282 e. The van der Waals surface area contributed by atoms with Gasteiger partial charge in [0.25, 0.3) is 10.2 Å². The minimum Gasteiger partial charge on any atom is -0.369 e. The highest BCUT2D eigenvalue weighted by Crippen LogP contribution is 2.23. The largest absolute Gasteiger partial charge is 0.369 e. The van der Waals surface area contributed by atoms with E-state index >= 15 is 0 Å². The molecule has 1 aromatic heterocycles. The lowest BCUT2D eigenvalue weighted by Crippen LogP contribution is -2.49. The maximum atomic E-state index is 12.5. The third kappa shape index (κ3) is 3.57. The van der Waals surface area contributed by atoms with Crippen LogP contribution in [0.5, 0.6) is 0 Å². The summed E-state index contributed by atoms with van der Waals surface area (Å²) in [7, 11) is -3.43. The first-order valence-electron chi connectivity index (χ1n) is 7.14. The molecule has 1 atom stereocenters. The number of hydrogen-bond acceptors (Lipinski definition) is 5. The Labute approximate surface area is 126 Å². The predicted molar refractivity (Wildman–Crippen MR) is 78.9 cm³/mol. The SMILES string of the molecule is CCN(CC)S(=O)(=O)N1CCO[C@@H](c2cnc(C)cn2)C1. The summed E-state index contributed by atoms with van der Waals surface area (Å²) in [5.41, 5.74) is 1.49. The van der Waals surface area contributed by atoms with Crippen LogP contribution in [0.1, 0.15) is 31.3 Å². The maximum Gasteiger partial charge on any atom is 0.282 e. The van der Waals surface area contributed by atoms with E-state index in [1.807, 2.05) is 20.8 Å². The van der Waals surface area contributed by atoms with Crippen LogP contribution in [0.2, 0.25) is 0 Å². The Kier molecular flexibility index (Phi) is 5.26. The lowest BCUT2D eigenvalue weighted by atomic mass is 10.2. The molecule has 0 N–H and O–H groups in total. The van der Waals surface area contributed by atoms with Gasteiger partial charge >= 0.3 is 0 Å². The van der Waals surface area contributed by atoms with Gasteiger partial charge in [0.15, 0.2) is 0 Å². The van der Waals surface area contributed by atoms with Gasteiger partial charge in [-0.15, -0.1) is 0 Å². The molecule has 0 unspecified atom stereocenters. The van der Waals surface area contributed by atoms with Gasteiger partial charge in [-0.05, 0) is 6.92 Å². The molecule has 1 aliphatic heterocycles. The van der Waals surface area contributed by atoms with E-state index in [0.29, 0.717) is 31.9 Å². The molecule has 0 amide bonds. The summed E-state index contributed by atoms with van der Waals surface area (Å²) in [5, 5.41) is 0. The molecule has 0 aliphatic carbocycles. The number of hydrogen-bond donors (Lipinski definition) is 0. The van der Waals surface area contributed by atoms with Gasteiger partial charge in [0.2, 0.25) is 0 Å². The van der Waals surface area contributed by atoms with Crippen LogP contribution in [0.4, 0.5) is 0 Å². The van der Waals surface area contributed by atoms with Crippen molar-refractivity contribution in [3.8, 4) is 0 Å². The molecule has 21 heavy (non-hydrogen) atoms. The van der Waals surface area contributed by atoms with Crippen LogP contribution in [0.25, 0.3) is 0 Å². The topological polar surface area (TPSA) is 75.6 Å². The molecule has 0 radical (unpaired) electrons. The van der Waals surface area contributed by atoms with E-state index in [-0.39, 0.29) is 12.6 Å². The quantitative estimate of drug-likeness (QED) is 0.801. The normalized spacial score (nSPS) is 20.9. The average Bonchev–Trinajstić information content (AvgIpc) is 2.49. The summed E-state index contributed by atoms with van der Waals surface area (Å²) >= 11 is 0. The van der Waals surface area contributed by atoms with Crippen LogP contribution in [0.3, 0.4) is 0 Å². The lowest BCUT2D eigenvalue weighted by molar-refractivity contribution is -0.00680. The zero-order valence-corrected chi connectivity index (χ0v) is 13.5. The molecule has 0 saturated carbocycles. The van der Waals surface area contributed by atoms with Crippen molar-refractivity contribution in [1.29, 1.82) is 0 Å². The average molecular weight is 314 g/mol. The van der Waals surface area contributed by atoms with Crippen molar-refractivity contribution in [3.63, 3.8) is 0 Å². The van der Waals surface area contributed by atoms with E-state index in [1.54, 1.807) is 12.4 Å². The molecule has 1 aromatic rings. The Balaban J connectivity index is 2.15. The third-order valence-electron chi connectivity index (χ3n) is 3.52. The van der Waals surface area contributed by atoms with Gasteiger partial charge < -0.3 is 4.74 Å². The van der Waals surface area contributed by atoms with Crippen LogP contribution in [0.15, 0.2) is 12.4 Å². The molecule has 1 aliphatic rings. The van der Waals surface area contributed by atoms with Crippen molar-refractivity contribution < 1.29 is 13.2 Å². The second kappa shape index (κ2) is 6.78. The summed E-state index contributed by atoms with van der Waals surface area (Å²) in [5.74, 6) is 0. The highest BCUT2D eigenvalue weighted by Gasteiger charge is 2.33. The first kappa shape index (κ1) is 16.3. The molecular formula is C13H22N4O3S. The maximum absolute atomic E-state index is 12.5. The van der Waals surface area contributed by atoms with Crippen LogP contribution in [-0.2, 0) is 14.9 Å². The summed E-state index contributed by atoms with van der Waals surface area (Å²) in [6, 6.07) is 0. The molecule has 1 saturated heterocycles. The molecule has 0 spiro atoms. The van der Waals surface area contributed by atoms with Crippen LogP contribution < -0.4 is 0 Å². The molecule has 0 bridgehead atoms. The standard InChI is InChI=1S/C13H22N4O3S/c1-4-16(5-2)21(18,19)17-6-7-20-13(10-17)12-9-14-11(3)8-15-12/h8-9,13H,4-7,10H2,1-3H3/t13-/m1/s1. The third-order valence-corrected chi connectivity index (χ3v) is 5.67. The van der Waals surface area contributed by atoms with E-state index in [9.17, 15) is 8.42 Å². The monoisotopic (exact) mass is 314 g/mol. The van der Waals surface area contributed by atoms with E-state index < -0.39 is 10.2 Å². The number of nitrogens with zero attached hydrogens (tertiary/aromatic N) is 4. The van der Waals surface area contributed by atoms with Crippen molar-refractivity contribution in [2.45, 2.75) is 26.9 Å². The van der Waals surface area contributed by atoms with Crippen molar-refractivity contribution in [2.75, 3.05) is 32.8 Å². The first-order valence-corrected chi connectivity index (χ1v) is 8.54. The van der Waals surface area contributed by atoms with Gasteiger partial charge in [0, 0.05) is 32.4 Å². The molecular weight excluding hydrogens is 292 g/mol. The Morgan fingerprint density at radius 2 is 2.05 bits per heavy atom. The van der Waals surface area contributed by atoms with Crippen LogP contribution >= 0.6 is 0 Å². The molecule has 8 heteroatoms. The number of morpholine rings is 1. The van der Waals surface area contributed by atoms with Gasteiger partial charge in [-0.25, -0.2) is 0 Å². The fourth-order valence-electron chi connectivity index (χ4n) is 2.30. The fourth-order valence-corrected chi connectivity index (χ4v) is 3.90. The summed E-state index contributed by atoms with van der Waals surface area (Å²) in [6.07, 6.45) is 2.95. The molecule has 0 aromatic carbocycles. The minimum atomic E-state index is -3.43. The van der Waals surface area contributed by atoms with Crippen LogP contribution in [-0.4, -0.2) is 59.8 Å². The zero-order chi connectivity index (χ0) is 15.5. The van der Waals surface area contributed by atoms with Gasteiger partial charge in [0.05, 0.1) is 24.2 Å². The van der Waals surface area contributed by atoms with Crippen molar-refractivity contribution in [1.82, 2.24) is 18.6 Å². The molecule has 7 nitrogen and oxygen atoms in total. The van der Waals surface area contributed by atoms with Crippen molar-refractivity contribution in [3.05, 3.63) is 23.8 Å². The van der Waals surface area contributed by atoms with E-state index in [4.69, 9.17) is 4.74 Å². The van der Waals surface area contributed by atoms with E-state index in [0.717, 1.165) is 5.69 Å². The Bertz CT molecular complexity index is 557. The van der Waals surface area contributed by atoms with Gasteiger partial charge in [-0.3, -0.25) is 9.97 Å². The minimum absolute atomic E-state index is 0.274. The summed E-state index contributed by atoms with van der Waals surface area (Å²) in [6.45, 7) is 7.47. The number of ether oxygens (including phenoxy) is 1. The molecule has 2 heterocycles. The molecule has 2 rings (SSSR count). The van der Waals surface area contributed by atoms with Crippen LogP contribution in [0, 0.1) is 6.92 Å². The Morgan fingerprint density at radius 1 is 1.33 bits per heavy atom. The van der Waals surface area contributed by atoms with Gasteiger partial charge in [-0.2, -0.15) is 17.0 Å². The lowest BCUT2D eigenvalue weighted by Gasteiger charge is -2.34. The van der Waals surface area contributed by atoms with Gasteiger partial charge in [-0.1, -0.05) is 13.8 Å². The molecule has 1 fully saturated rings. The molecule has 118 valence electrons. The highest BCUT2D eigenvalue weighted by atomic mass is 32.2. The zero-order valence-electron chi connectivity index (χ0n) is 12.7. The fraction of sp³-hybridized carbons (Fsp3) is 0.692. The number of rotatable bonds is 5. The first-order chi connectivity index (χ1) is 9.98. The van der Waals surface area contributed by atoms with E-state index in [1.165, 1.54) is 8.61 Å².